The van der Waals surface area contributed by atoms with E-state index in [1.54, 1.807) is 0 Å². The van der Waals surface area contributed by atoms with E-state index in [-0.39, 0.29) is 17.7 Å². The zero-order chi connectivity index (χ0) is 16.1. The van der Waals surface area contributed by atoms with Gasteiger partial charge in [0.1, 0.15) is 17.3 Å². The maximum atomic E-state index is 11.4. The number of amides is 1. The lowest BCUT2D eigenvalue weighted by molar-refractivity contribution is -0.114. The van der Waals surface area contributed by atoms with Gasteiger partial charge in [0.05, 0.1) is 0 Å². The van der Waals surface area contributed by atoms with Gasteiger partial charge in [-0.1, -0.05) is 60.7 Å². The third-order valence-electron chi connectivity index (χ3n) is 3.15. The van der Waals surface area contributed by atoms with Crippen LogP contribution < -0.4 is 5.32 Å². The van der Waals surface area contributed by atoms with E-state index in [0.29, 0.717) is 11.4 Å². The van der Waals surface area contributed by atoms with Crippen molar-refractivity contribution in [1.82, 2.24) is 15.2 Å². The van der Waals surface area contributed by atoms with Crippen LogP contribution in [0, 0.1) is 0 Å². The van der Waals surface area contributed by atoms with E-state index < -0.39 is 0 Å². The molecule has 6 heteroatoms. The van der Waals surface area contributed by atoms with Crippen LogP contribution in [0.25, 0.3) is 22.5 Å². The normalized spacial score (nSPS) is 10.3. The fraction of sp³-hybridized carbons (Fsp3) is 0.0588. The lowest BCUT2D eigenvalue weighted by Gasteiger charge is -2.09. The van der Waals surface area contributed by atoms with Crippen molar-refractivity contribution in [2.45, 2.75) is 0 Å². The van der Waals surface area contributed by atoms with Gasteiger partial charge in [-0.3, -0.25) is 10.1 Å². The van der Waals surface area contributed by atoms with Crippen molar-refractivity contribution in [2.75, 3.05) is 11.2 Å². The number of hydrogen-bond donors (Lipinski definition) is 1. The fourth-order valence-corrected chi connectivity index (χ4v) is 2.19. The first kappa shape index (κ1) is 15.1. The molecule has 23 heavy (non-hydrogen) atoms. The Morgan fingerprint density at radius 1 is 0.870 bits per heavy atom. The van der Waals surface area contributed by atoms with Crippen LogP contribution in [0.1, 0.15) is 0 Å². The molecule has 0 aliphatic rings. The SMILES string of the molecule is O=C(CCl)Nc1nnc(-c2ccccc2)c(-c2ccccc2)n1. The van der Waals surface area contributed by atoms with Gasteiger partial charge >= 0.3 is 0 Å². The summed E-state index contributed by atoms with van der Waals surface area (Å²) in [4.78, 5) is 15.9. The average molecular weight is 325 g/mol. The van der Waals surface area contributed by atoms with E-state index in [1.807, 2.05) is 60.7 Å². The van der Waals surface area contributed by atoms with Crippen molar-refractivity contribution < 1.29 is 4.79 Å². The van der Waals surface area contributed by atoms with E-state index in [9.17, 15) is 4.79 Å². The molecule has 1 N–H and O–H groups in total. The van der Waals surface area contributed by atoms with Gasteiger partial charge in [0.25, 0.3) is 0 Å². The Balaban J connectivity index is 2.11. The number of halogens is 1. The second-order valence-corrected chi connectivity index (χ2v) is 5.01. The Kier molecular flexibility index (Phi) is 4.59. The highest BCUT2D eigenvalue weighted by Crippen LogP contribution is 2.28. The molecule has 0 fully saturated rings. The second kappa shape index (κ2) is 6.98. The van der Waals surface area contributed by atoms with Crippen molar-refractivity contribution in [3.05, 3.63) is 60.7 Å². The van der Waals surface area contributed by atoms with Gasteiger partial charge < -0.3 is 0 Å². The molecule has 5 nitrogen and oxygen atoms in total. The fourth-order valence-electron chi connectivity index (χ4n) is 2.12. The molecule has 0 spiro atoms. The monoisotopic (exact) mass is 324 g/mol. The average Bonchev–Trinajstić information content (AvgIpc) is 2.63. The maximum absolute atomic E-state index is 11.4. The number of anilines is 1. The van der Waals surface area contributed by atoms with Crippen LogP contribution in [0.5, 0.6) is 0 Å². The highest BCUT2D eigenvalue weighted by atomic mass is 35.5. The molecule has 0 atom stereocenters. The predicted molar refractivity (Wildman–Crippen MR) is 90.0 cm³/mol. The molecule has 0 aliphatic heterocycles. The number of hydrogen-bond acceptors (Lipinski definition) is 4. The standard InChI is InChI=1S/C17H13ClN4O/c18-11-14(23)19-17-20-15(12-7-3-1-4-8-12)16(21-22-17)13-9-5-2-6-10-13/h1-10H,11H2,(H,19,20,22,23). The summed E-state index contributed by atoms with van der Waals surface area (Å²) in [6.45, 7) is 0. The number of nitrogens with zero attached hydrogens (tertiary/aromatic N) is 3. The predicted octanol–water partition coefficient (Wildman–Crippen LogP) is 3.38. The number of benzene rings is 2. The van der Waals surface area contributed by atoms with E-state index in [2.05, 4.69) is 20.5 Å². The van der Waals surface area contributed by atoms with Gasteiger partial charge in [-0.25, -0.2) is 4.98 Å². The molecular formula is C17H13ClN4O. The molecule has 1 amide bonds. The van der Waals surface area contributed by atoms with Gasteiger partial charge in [-0.15, -0.1) is 21.8 Å². The molecule has 1 heterocycles. The molecule has 0 saturated heterocycles. The lowest BCUT2D eigenvalue weighted by atomic mass is 10.0. The Bertz CT molecular complexity index is 809. The van der Waals surface area contributed by atoms with Crippen molar-refractivity contribution >= 4 is 23.5 Å². The molecule has 0 radical (unpaired) electrons. The Morgan fingerprint density at radius 3 is 2.00 bits per heavy atom. The molecule has 1 aromatic heterocycles. The number of carbonyl (C=O) groups is 1. The first-order chi connectivity index (χ1) is 11.3. The first-order valence-electron chi connectivity index (χ1n) is 6.99. The molecule has 0 saturated carbocycles. The van der Waals surface area contributed by atoms with E-state index >= 15 is 0 Å². The van der Waals surface area contributed by atoms with Gasteiger partial charge in [0, 0.05) is 11.1 Å². The number of alkyl halides is 1. The third-order valence-corrected chi connectivity index (χ3v) is 3.40. The molecule has 0 bridgehead atoms. The molecule has 114 valence electrons. The number of rotatable bonds is 4. The summed E-state index contributed by atoms with van der Waals surface area (Å²) in [5.41, 5.74) is 3.10. The van der Waals surface area contributed by atoms with Crippen molar-refractivity contribution in [3.63, 3.8) is 0 Å². The van der Waals surface area contributed by atoms with Gasteiger partial charge in [0.2, 0.25) is 11.9 Å². The highest BCUT2D eigenvalue weighted by molar-refractivity contribution is 6.28. The summed E-state index contributed by atoms with van der Waals surface area (Å²) >= 11 is 5.50. The Morgan fingerprint density at radius 2 is 1.43 bits per heavy atom. The van der Waals surface area contributed by atoms with Gasteiger partial charge in [-0.05, 0) is 0 Å². The molecule has 2 aromatic carbocycles. The van der Waals surface area contributed by atoms with Crippen molar-refractivity contribution in [2.24, 2.45) is 0 Å². The topological polar surface area (TPSA) is 67.8 Å². The summed E-state index contributed by atoms with van der Waals surface area (Å²) < 4.78 is 0. The summed E-state index contributed by atoms with van der Waals surface area (Å²) in [5, 5.41) is 10.7. The summed E-state index contributed by atoms with van der Waals surface area (Å²) in [5.74, 6) is -0.404. The van der Waals surface area contributed by atoms with Gasteiger partial charge in [-0.2, -0.15) is 0 Å². The van der Waals surface area contributed by atoms with Crippen molar-refractivity contribution in [3.8, 4) is 22.5 Å². The maximum Gasteiger partial charge on any atom is 0.250 e. The van der Waals surface area contributed by atoms with Crippen LogP contribution >= 0.6 is 11.6 Å². The minimum Gasteiger partial charge on any atom is -0.292 e. The molecular weight excluding hydrogens is 312 g/mol. The van der Waals surface area contributed by atoms with Crippen LogP contribution in [-0.4, -0.2) is 27.0 Å². The van der Waals surface area contributed by atoms with E-state index in [4.69, 9.17) is 11.6 Å². The molecule has 0 unspecified atom stereocenters. The third kappa shape index (κ3) is 3.52. The molecule has 3 aromatic rings. The quantitative estimate of drug-likeness (QED) is 0.747. The smallest absolute Gasteiger partial charge is 0.250 e. The summed E-state index contributed by atoms with van der Waals surface area (Å²) in [6.07, 6.45) is 0. The van der Waals surface area contributed by atoms with Crippen molar-refractivity contribution in [1.29, 1.82) is 0 Å². The second-order valence-electron chi connectivity index (χ2n) is 4.75. The van der Waals surface area contributed by atoms with E-state index in [0.717, 1.165) is 11.1 Å². The van der Waals surface area contributed by atoms with Crippen LogP contribution in [-0.2, 0) is 4.79 Å². The molecule has 3 rings (SSSR count). The number of carbonyl (C=O) groups excluding carboxylic acids is 1. The highest BCUT2D eigenvalue weighted by Gasteiger charge is 2.14. The van der Waals surface area contributed by atoms with Crippen LogP contribution in [0.2, 0.25) is 0 Å². The zero-order valence-corrected chi connectivity index (χ0v) is 12.9. The number of aromatic nitrogens is 3. The lowest BCUT2D eigenvalue weighted by Crippen LogP contribution is -2.16. The zero-order valence-electron chi connectivity index (χ0n) is 12.1. The van der Waals surface area contributed by atoms with E-state index in [1.165, 1.54) is 0 Å². The molecule has 0 aliphatic carbocycles. The Hall–Kier alpha value is -2.79. The van der Waals surface area contributed by atoms with Crippen LogP contribution in [0.4, 0.5) is 5.95 Å². The summed E-state index contributed by atoms with van der Waals surface area (Å²) in [6, 6.07) is 19.3. The van der Waals surface area contributed by atoms with Gasteiger partial charge in [0.15, 0.2) is 0 Å². The first-order valence-corrected chi connectivity index (χ1v) is 7.53. The number of nitrogens with one attached hydrogen (secondary N) is 1. The Labute approximate surface area is 138 Å². The van der Waals surface area contributed by atoms with Crippen LogP contribution in [0.15, 0.2) is 60.7 Å². The largest absolute Gasteiger partial charge is 0.292 e. The summed E-state index contributed by atoms with van der Waals surface area (Å²) in [7, 11) is 0. The van der Waals surface area contributed by atoms with Crippen LogP contribution in [0.3, 0.4) is 0 Å². The minimum absolute atomic E-state index is 0.134. The minimum atomic E-state index is -0.375.